The number of furan rings is 1. The maximum Gasteiger partial charge on any atom is 0.191 e. The SMILES string of the molecule is CCNC(=NCc1ccccc1CN1CCCCC1)NCC(C)(O)c1ccco1.I. The van der Waals surface area contributed by atoms with Gasteiger partial charge in [-0.05, 0) is 63.0 Å². The summed E-state index contributed by atoms with van der Waals surface area (Å²) < 4.78 is 5.35. The summed E-state index contributed by atoms with van der Waals surface area (Å²) in [6, 6.07) is 12.1. The van der Waals surface area contributed by atoms with Gasteiger partial charge in [-0.15, -0.1) is 24.0 Å². The van der Waals surface area contributed by atoms with E-state index >= 15 is 0 Å². The van der Waals surface area contributed by atoms with Crippen molar-refractivity contribution in [1.82, 2.24) is 15.5 Å². The molecule has 1 aromatic carbocycles. The van der Waals surface area contributed by atoms with E-state index in [-0.39, 0.29) is 24.0 Å². The van der Waals surface area contributed by atoms with Crippen LogP contribution < -0.4 is 10.6 Å². The van der Waals surface area contributed by atoms with Gasteiger partial charge in [0.2, 0.25) is 0 Å². The molecule has 6 nitrogen and oxygen atoms in total. The summed E-state index contributed by atoms with van der Waals surface area (Å²) in [7, 11) is 0. The average Bonchev–Trinajstić information content (AvgIpc) is 3.28. The molecule has 1 fully saturated rings. The summed E-state index contributed by atoms with van der Waals surface area (Å²) in [4.78, 5) is 7.29. The molecule has 3 rings (SSSR count). The number of likely N-dealkylation sites (tertiary alicyclic amines) is 1. The molecular weight excluding hydrogens is 491 g/mol. The van der Waals surface area contributed by atoms with Crippen LogP contribution in [0.25, 0.3) is 0 Å². The molecule has 1 atom stereocenters. The second-order valence-corrected chi connectivity index (χ2v) is 7.91. The zero-order chi connectivity index (χ0) is 20.5. The lowest BCUT2D eigenvalue weighted by Gasteiger charge is -2.27. The summed E-state index contributed by atoms with van der Waals surface area (Å²) in [5, 5.41) is 17.2. The number of hydrogen-bond donors (Lipinski definition) is 3. The molecule has 1 saturated heterocycles. The van der Waals surface area contributed by atoms with Gasteiger partial charge in [0.1, 0.15) is 11.4 Å². The third-order valence-corrected chi connectivity index (χ3v) is 5.36. The van der Waals surface area contributed by atoms with Gasteiger partial charge in [-0.1, -0.05) is 30.7 Å². The largest absolute Gasteiger partial charge is 0.466 e. The van der Waals surface area contributed by atoms with Crippen LogP contribution in [0.3, 0.4) is 0 Å². The third kappa shape index (κ3) is 7.28. The number of nitrogens with zero attached hydrogens (tertiary/aromatic N) is 2. The molecule has 0 amide bonds. The summed E-state index contributed by atoms with van der Waals surface area (Å²) in [5.41, 5.74) is 1.48. The van der Waals surface area contributed by atoms with E-state index in [2.05, 4.69) is 39.8 Å². The van der Waals surface area contributed by atoms with Gasteiger partial charge >= 0.3 is 0 Å². The molecule has 1 aliphatic rings. The van der Waals surface area contributed by atoms with E-state index in [1.54, 1.807) is 25.3 Å². The number of piperidine rings is 1. The van der Waals surface area contributed by atoms with E-state index in [0.717, 1.165) is 13.1 Å². The number of benzene rings is 1. The maximum absolute atomic E-state index is 10.7. The van der Waals surface area contributed by atoms with Gasteiger partial charge < -0.3 is 20.2 Å². The molecule has 1 aliphatic heterocycles. The van der Waals surface area contributed by atoms with Crippen LogP contribution in [-0.4, -0.2) is 42.1 Å². The Morgan fingerprint density at radius 3 is 2.50 bits per heavy atom. The second kappa shape index (κ2) is 12.3. The molecule has 2 aromatic rings. The van der Waals surface area contributed by atoms with Gasteiger partial charge in [-0.2, -0.15) is 0 Å². The highest BCUT2D eigenvalue weighted by atomic mass is 127. The first kappa shape index (κ1) is 24.7. The fourth-order valence-corrected chi connectivity index (χ4v) is 3.66. The quantitative estimate of drug-likeness (QED) is 0.277. The van der Waals surface area contributed by atoms with Crippen molar-refractivity contribution >= 4 is 29.9 Å². The van der Waals surface area contributed by atoms with Crippen molar-refractivity contribution in [3.05, 3.63) is 59.5 Å². The van der Waals surface area contributed by atoms with Crippen LogP contribution >= 0.6 is 24.0 Å². The first-order valence-electron chi connectivity index (χ1n) is 10.7. The topological polar surface area (TPSA) is 73.0 Å². The fraction of sp³-hybridized carbons (Fsp3) is 0.522. The predicted octanol–water partition coefficient (Wildman–Crippen LogP) is 3.85. The molecule has 0 radical (unpaired) electrons. The Balaban J connectivity index is 0.00000320. The zero-order valence-electron chi connectivity index (χ0n) is 18.1. The Labute approximate surface area is 197 Å². The van der Waals surface area contributed by atoms with E-state index in [9.17, 15) is 5.11 Å². The molecule has 0 saturated carbocycles. The zero-order valence-corrected chi connectivity index (χ0v) is 20.4. The Bertz CT molecular complexity index is 771. The smallest absolute Gasteiger partial charge is 0.191 e. The first-order valence-corrected chi connectivity index (χ1v) is 10.7. The van der Waals surface area contributed by atoms with Gasteiger partial charge in [0.15, 0.2) is 5.96 Å². The standard InChI is InChI=1S/C23H34N4O2.HI/c1-3-24-22(26-18-23(2,28)21-12-9-15-29-21)25-16-19-10-5-6-11-20(19)17-27-13-7-4-8-14-27;/h5-6,9-12,15,28H,3-4,7-8,13-14,16-18H2,1-2H3,(H2,24,25,26);1H. The third-order valence-electron chi connectivity index (χ3n) is 5.36. The number of aliphatic hydroxyl groups is 1. The number of aliphatic imine (C=N–C) groups is 1. The Hall–Kier alpha value is -1.58. The highest BCUT2D eigenvalue weighted by molar-refractivity contribution is 14.0. The average molecular weight is 526 g/mol. The molecule has 166 valence electrons. The maximum atomic E-state index is 10.7. The second-order valence-electron chi connectivity index (χ2n) is 7.91. The molecule has 2 heterocycles. The first-order chi connectivity index (χ1) is 14.1. The highest BCUT2D eigenvalue weighted by Gasteiger charge is 2.26. The van der Waals surface area contributed by atoms with Crippen LogP contribution in [0.2, 0.25) is 0 Å². The highest BCUT2D eigenvalue weighted by Crippen LogP contribution is 2.20. The van der Waals surface area contributed by atoms with Gasteiger partial charge in [0.25, 0.3) is 0 Å². The minimum atomic E-state index is -1.11. The van der Waals surface area contributed by atoms with Crippen molar-refractivity contribution in [2.45, 2.75) is 51.8 Å². The number of hydrogen-bond acceptors (Lipinski definition) is 4. The van der Waals surface area contributed by atoms with Crippen molar-refractivity contribution in [2.24, 2.45) is 4.99 Å². The van der Waals surface area contributed by atoms with Crippen molar-refractivity contribution in [1.29, 1.82) is 0 Å². The van der Waals surface area contributed by atoms with Gasteiger partial charge in [-0.3, -0.25) is 4.90 Å². The van der Waals surface area contributed by atoms with E-state index in [1.165, 1.54) is 43.5 Å². The van der Waals surface area contributed by atoms with Crippen molar-refractivity contribution < 1.29 is 9.52 Å². The van der Waals surface area contributed by atoms with Gasteiger partial charge in [-0.25, -0.2) is 4.99 Å². The van der Waals surface area contributed by atoms with Crippen LogP contribution in [0.1, 0.15) is 50.0 Å². The fourth-order valence-electron chi connectivity index (χ4n) is 3.66. The molecule has 1 unspecified atom stereocenters. The lowest BCUT2D eigenvalue weighted by molar-refractivity contribution is 0.0386. The van der Waals surface area contributed by atoms with E-state index in [1.807, 2.05) is 6.92 Å². The number of rotatable bonds is 8. The van der Waals surface area contributed by atoms with E-state index in [4.69, 9.17) is 9.41 Å². The minimum absolute atomic E-state index is 0. The lowest BCUT2D eigenvalue weighted by Crippen LogP contribution is -2.44. The molecular formula is C23H35IN4O2. The van der Waals surface area contributed by atoms with Crippen molar-refractivity contribution in [2.75, 3.05) is 26.2 Å². The summed E-state index contributed by atoms with van der Waals surface area (Å²) in [6.07, 6.45) is 5.51. The minimum Gasteiger partial charge on any atom is -0.466 e. The van der Waals surface area contributed by atoms with E-state index in [0.29, 0.717) is 24.8 Å². The molecule has 0 aliphatic carbocycles. The Kier molecular flexibility index (Phi) is 10.1. The Morgan fingerprint density at radius 1 is 1.10 bits per heavy atom. The molecule has 3 N–H and O–H groups in total. The van der Waals surface area contributed by atoms with Gasteiger partial charge in [0, 0.05) is 13.1 Å². The monoisotopic (exact) mass is 526 g/mol. The molecule has 0 bridgehead atoms. The van der Waals surface area contributed by atoms with Crippen LogP contribution in [0.15, 0.2) is 52.1 Å². The van der Waals surface area contributed by atoms with E-state index < -0.39 is 5.60 Å². The van der Waals surface area contributed by atoms with Crippen LogP contribution in [0, 0.1) is 0 Å². The molecule has 7 heteroatoms. The predicted molar refractivity (Wildman–Crippen MR) is 132 cm³/mol. The number of guanidine groups is 1. The molecule has 0 spiro atoms. The van der Waals surface area contributed by atoms with Crippen molar-refractivity contribution in [3.63, 3.8) is 0 Å². The lowest BCUT2D eigenvalue weighted by atomic mass is 10.0. The summed E-state index contributed by atoms with van der Waals surface area (Å²) in [5.74, 6) is 1.22. The van der Waals surface area contributed by atoms with Crippen molar-refractivity contribution in [3.8, 4) is 0 Å². The number of halogens is 1. The van der Waals surface area contributed by atoms with Crippen LogP contribution in [-0.2, 0) is 18.7 Å². The Morgan fingerprint density at radius 2 is 1.83 bits per heavy atom. The normalized spacial score (nSPS) is 17.1. The molecule has 1 aromatic heterocycles. The van der Waals surface area contributed by atoms with Crippen LogP contribution in [0.5, 0.6) is 0 Å². The van der Waals surface area contributed by atoms with Gasteiger partial charge in [0.05, 0.1) is 19.4 Å². The summed E-state index contributed by atoms with van der Waals surface area (Å²) >= 11 is 0. The summed E-state index contributed by atoms with van der Waals surface area (Å²) in [6.45, 7) is 8.78. The molecule has 30 heavy (non-hydrogen) atoms. The number of nitrogens with one attached hydrogen (secondary N) is 2. The van der Waals surface area contributed by atoms with Crippen LogP contribution in [0.4, 0.5) is 0 Å².